The Balaban J connectivity index is 1.79. The monoisotopic (exact) mass is 443 g/mol. The van der Waals surface area contributed by atoms with Gasteiger partial charge in [-0.15, -0.1) is 6.58 Å². The van der Waals surface area contributed by atoms with Crippen LogP contribution in [0.4, 0.5) is 13.2 Å². The Bertz CT molecular complexity index is 763. The first kappa shape index (κ1) is 24.5. The van der Waals surface area contributed by atoms with E-state index in [1.165, 1.54) is 13.2 Å². The topological polar surface area (TPSA) is 71.1 Å². The zero-order chi connectivity index (χ0) is 22.9. The normalized spacial score (nSPS) is 14.8. The van der Waals surface area contributed by atoms with E-state index in [0.717, 1.165) is 5.56 Å². The second kappa shape index (κ2) is 11.6. The molecule has 1 aromatic carbocycles. The fourth-order valence-corrected chi connectivity index (χ4v) is 3.16. The highest BCUT2D eigenvalue weighted by atomic mass is 19.4. The number of rotatable bonds is 10. The molecule has 31 heavy (non-hydrogen) atoms. The molecule has 1 aliphatic rings. The summed E-state index contributed by atoms with van der Waals surface area (Å²) < 4.78 is 46.9. The Hall–Kier alpha value is -2.75. The molecule has 0 aliphatic carbocycles. The lowest BCUT2D eigenvalue weighted by Crippen LogP contribution is -2.51. The standard InChI is InChI=1S/C21H28F3N3O4/c1-3-8-25-19(28)14-26-9-11-27(12-10-26)20(29)7-5-16-4-6-17(18(13-16)30-2)31-15-21(22,23)24/h3-4,6,13H,1,5,7-12,14-15H2,2H3,(H,25,28). The van der Waals surface area contributed by atoms with Gasteiger partial charge in [0.2, 0.25) is 11.8 Å². The van der Waals surface area contributed by atoms with Crippen molar-refractivity contribution < 1.29 is 32.2 Å². The van der Waals surface area contributed by atoms with E-state index in [1.54, 1.807) is 23.1 Å². The van der Waals surface area contributed by atoms with Gasteiger partial charge in [-0.25, -0.2) is 0 Å². The van der Waals surface area contributed by atoms with Gasteiger partial charge < -0.3 is 19.7 Å². The van der Waals surface area contributed by atoms with Crippen molar-refractivity contribution in [2.24, 2.45) is 0 Å². The Labute approximate surface area is 179 Å². The van der Waals surface area contributed by atoms with Crippen LogP contribution in [0, 0.1) is 0 Å². The molecule has 0 radical (unpaired) electrons. The summed E-state index contributed by atoms with van der Waals surface area (Å²) in [5, 5.41) is 2.73. The molecule has 1 heterocycles. The highest BCUT2D eigenvalue weighted by molar-refractivity contribution is 5.78. The molecule has 0 saturated carbocycles. The number of piperazine rings is 1. The van der Waals surface area contributed by atoms with Crippen LogP contribution in [0.25, 0.3) is 0 Å². The lowest BCUT2D eigenvalue weighted by Gasteiger charge is -2.34. The van der Waals surface area contributed by atoms with Crippen LogP contribution in [0.15, 0.2) is 30.9 Å². The van der Waals surface area contributed by atoms with E-state index in [1.807, 2.05) is 4.90 Å². The van der Waals surface area contributed by atoms with Crippen molar-refractivity contribution in [1.82, 2.24) is 15.1 Å². The maximum atomic E-state index is 12.5. The van der Waals surface area contributed by atoms with E-state index < -0.39 is 12.8 Å². The number of nitrogens with zero attached hydrogens (tertiary/aromatic N) is 2. The van der Waals surface area contributed by atoms with Gasteiger partial charge in [0.15, 0.2) is 18.1 Å². The molecule has 2 amide bonds. The van der Waals surface area contributed by atoms with Crippen molar-refractivity contribution in [2.45, 2.75) is 19.0 Å². The van der Waals surface area contributed by atoms with E-state index in [2.05, 4.69) is 11.9 Å². The van der Waals surface area contributed by atoms with E-state index in [4.69, 9.17) is 9.47 Å². The van der Waals surface area contributed by atoms with Crippen molar-refractivity contribution >= 4 is 11.8 Å². The molecule has 0 bridgehead atoms. The third kappa shape index (κ3) is 8.49. The first-order valence-electron chi connectivity index (χ1n) is 9.96. The van der Waals surface area contributed by atoms with Crippen molar-refractivity contribution in [3.63, 3.8) is 0 Å². The van der Waals surface area contributed by atoms with Crippen LogP contribution in [0.2, 0.25) is 0 Å². The molecule has 10 heteroatoms. The second-order valence-corrected chi connectivity index (χ2v) is 7.14. The summed E-state index contributed by atoms with van der Waals surface area (Å²) in [5.74, 6) is 0.115. The number of carbonyl (C=O) groups excluding carboxylic acids is 2. The average Bonchev–Trinajstić information content (AvgIpc) is 2.74. The molecule has 0 spiro atoms. The molecule has 0 unspecified atom stereocenters. The number of hydrogen-bond donors (Lipinski definition) is 1. The summed E-state index contributed by atoms with van der Waals surface area (Å²) in [6.07, 6.45) is -2.12. The van der Waals surface area contributed by atoms with Crippen molar-refractivity contribution in [2.75, 3.05) is 53.0 Å². The second-order valence-electron chi connectivity index (χ2n) is 7.14. The predicted molar refractivity (Wildman–Crippen MR) is 109 cm³/mol. The van der Waals surface area contributed by atoms with Crippen LogP contribution in [0.3, 0.4) is 0 Å². The maximum absolute atomic E-state index is 12.5. The highest BCUT2D eigenvalue weighted by Gasteiger charge is 2.29. The van der Waals surface area contributed by atoms with Gasteiger partial charge in [-0.05, 0) is 24.1 Å². The van der Waals surface area contributed by atoms with Gasteiger partial charge in [-0.2, -0.15) is 13.2 Å². The number of aryl methyl sites for hydroxylation is 1. The van der Waals surface area contributed by atoms with Crippen molar-refractivity contribution in [1.29, 1.82) is 0 Å². The Morgan fingerprint density at radius 1 is 1.19 bits per heavy atom. The third-order valence-electron chi connectivity index (χ3n) is 4.78. The predicted octanol–water partition coefficient (Wildman–Crippen LogP) is 2.02. The number of halogens is 3. The minimum Gasteiger partial charge on any atom is -0.493 e. The molecule has 0 aromatic heterocycles. The maximum Gasteiger partial charge on any atom is 0.422 e. The van der Waals surface area contributed by atoms with Crippen LogP contribution < -0.4 is 14.8 Å². The molecule has 1 saturated heterocycles. The molecular weight excluding hydrogens is 415 g/mol. The van der Waals surface area contributed by atoms with E-state index in [0.29, 0.717) is 45.7 Å². The van der Waals surface area contributed by atoms with E-state index >= 15 is 0 Å². The lowest BCUT2D eigenvalue weighted by atomic mass is 10.1. The summed E-state index contributed by atoms with van der Waals surface area (Å²) in [6, 6.07) is 4.63. The molecule has 1 N–H and O–H groups in total. The zero-order valence-electron chi connectivity index (χ0n) is 17.5. The Kier molecular flexibility index (Phi) is 9.17. The minimum atomic E-state index is -4.44. The van der Waals surface area contributed by atoms with Gasteiger partial charge in [0.25, 0.3) is 0 Å². The molecule has 1 aromatic rings. The lowest BCUT2D eigenvalue weighted by molar-refractivity contribution is -0.153. The summed E-state index contributed by atoms with van der Waals surface area (Å²) >= 11 is 0. The van der Waals surface area contributed by atoms with Gasteiger partial charge >= 0.3 is 6.18 Å². The largest absolute Gasteiger partial charge is 0.493 e. The third-order valence-corrected chi connectivity index (χ3v) is 4.78. The summed E-state index contributed by atoms with van der Waals surface area (Å²) in [6.45, 7) is 5.19. The molecular formula is C21H28F3N3O4. The summed E-state index contributed by atoms with van der Waals surface area (Å²) in [4.78, 5) is 28.0. The minimum absolute atomic E-state index is 0.00292. The Morgan fingerprint density at radius 3 is 2.52 bits per heavy atom. The zero-order valence-corrected chi connectivity index (χ0v) is 17.5. The Morgan fingerprint density at radius 2 is 1.90 bits per heavy atom. The fraction of sp³-hybridized carbons (Fsp3) is 0.524. The summed E-state index contributed by atoms with van der Waals surface area (Å²) in [7, 11) is 1.35. The average molecular weight is 443 g/mol. The molecule has 172 valence electrons. The first-order chi connectivity index (χ1) is 14.7. The van der Waals surface area contributed by atoms with E-state index in [9.17, 15) is 22.8 Å². The SMILES string of the molecule is C=CCNC(=O)CN1CCN(C(=O)CCc2ccc(OCC(F)(F)F)c(OC)c2)CC1. The van der Waals surface area contributed by atoms with Gasteiger partial charge in [0.1, 0.15) is 0 Å². The van der Waals surface area contributed by atoms with Crippen LogP contribution in [0.5, 0.6) is 11.5 Å². The highest BCUT2D eigenvalue weighted by Crippen LogP contribution is 2.30. The molecule has 7 nitrogen and oxygen atoms in total. The van der Waals surface area contributed by atoms with Gasteiger partial charge in [-0.1, -0.05) is 12.1 Å². The number of ether oxygens (including phenoxy) is 2. The number of alkyl halides is 3. The quantitative estimate of drug-likeness (QED) is 0.561. The van der Waals surface area contributed by atoms with E-state index in [-0.39, 0.29) is 29.7 Å². The van der Waals surface area contributed by atoms with Crippen molar-refractivity contribution in [3.05, 3.63) is 36.4 Å². The summed E-state index contributed by atoms with van der Waals surface area (Å²) in [5.41, 5.74) is 0.766. The van der Waals surface area contributed by atoms with Crippen LogP contribution in [0.1, 0.15) is 12.0 Å². The number of amides is 2. The van der Waals surface area contributed by atoms with Crippen molar-refractivity contribution in [3.8, 4) is 11.5 Å². The number of benzene rings is 1. The fourth-order valence-electron chi connectivity index (χ4n) is 3.16. The van der Waals surface area contributed by atoms with Crippen LogP contribution >= 0.6 is 0 Å². The molecule has 1 fully saturated rings. The van der Waals surface area contributed by atoms with Gasteiger partial charge in [0, 0.05) is 39.1 Å². The number of carbonyl (C=O) groups is 2. The van der Waals surface area contributed by atoms with Gasteiger partial charge in [-0.3, -0.25) is 14.5 Å². The molecule has 1 aliphatic heterocycles. The molecule has 0 atom stereocenters. The first-order valence-corrected chi connectivity index (χ1v) is 9.96. The van der Waals surface area contributed by atoms with Crippen LogP contribution in [-0.2, 0) is 16.0 Å². The number of nitrogens with one attached hydrogen (secondary N) is 1. The van der Waals surface area contributed by atoms with Gasteiger partial charge in [0.05, 0.1) is 13.7 Å². The number of methoxy groups -OCH3 is 1. The number of hydrogen-bond acceptors (Lipinski definition) is 5. The smallest absolute Gasteiger partial charge is 0.422 e. The molecule has 2 rings (SSSR count). The van der Waals surface area contributed by atoms with Crippen LogP contribution in [-0.4, -0.2) is 80.8 Å².